The summed E-state index contributed by atoms with van der Waals surface area (Å²) >= 11 is 1.47. The van der Waals surface area contributed by atoms with Crippen LogP contribution in [0.1, 0.15) is 15.4 Å². The first kappa shape index (κ1) is 18.6. The molecule has 6 nitrogen and oxygen atoms in total. The van der Waals surface area contributed by atoms with E-state index in [-0.39, 0.29) is 5.78 Å². The molecule has 0 atom stereocenters. The van der Waals surface area contributed by atoms with Crippen molar-refractivity contribution in [3.8, 4) is 11.5 Å². The Morgan fingerprint density at radius 1 is 1.11 bits per heavy atom. The lowest BCUT2D eigenvalue weighted by atomic mass is 10.1. The van der Waals surface area contributed by atoms with Crippen LogP contribution in [0.4, 0.5) is 0 Å². The molecule has 0 N–H and O–H groups in total. The Balaban J connectivity index is 1.62. The van der Waals surface area contributed by atoms with Gasteiger partial charge >= 0.3 is 5.97 Å². The van der Waals surface area contributed by atoms with E-state index in [0.717, 1.165) is 10.2 Å². The Hall–Kier alpha value is -3.19. The highest BCUT2D eigenvalue weighted by molar-refractivity contribution is 7.19. The van der Waals surface area contributed by atoms with Gasteiger partial charge in [0.25, 0.3) is 0 Å². The summed E-state index contributed by atoms with van der Waals surface area (Å²) in [6, 6.07) is 12.6. The lowest BCUT2D eigenvalue weighted by Crippen LogP contribution is -2.13. The number of rotatable bonds is 7. The summed E-state index contributed by atoms with van der Waals surface area (Å²) in [6.45, 7) is -0.396. The molecule has 0 saturated heterocycles. The van der Waals surface area contributed by atoms with Crippen LogP contribution in [-0.2, 0) is 9.53 Å². The van der Waals surface area contributed by atoms with Crippen LogP contribution in [0, 0.1) is 0 Å². The molecule has 0 radical (unpaired) electrons. The van der Waals surface area contributed by atoms with Gasteiger partial charge in [0.05, 0.1) is 30.0 Å². The van der Waals surface area contributed by atoms with Gasteiger partial charge < -0.3 is 14.2 Å². The molecule has 0 amide bonds. The molecule has 1 heterocycles. The first-order chi connectivity index (χ1) is 13.1. The normalized spacial score (nSPS) is 10.9. The number of Topliss-reactive ketones (excluding diaryl/α,β-unsaturated/α-hetero) is 1. The van der Waals surface area contributed by atoms with Gasteiger partial charge in [0, 0.05) is 6.08 Å². The topological polar surface area (TPSA) is 74.7 Å². The number of ketones is 1. The average Bonchev–Trinajstić information content (AvgIpc) is 3.13. The number of thiazole rings is 1. The van der Waals surface area contributed by atoms with Crippen LogP contribution >= 0.6 is 11.3 Å². The van der Waals surface area contributed by atoms with E-state index in [1.54, 1.807) is 24.3 Å². The number of carbonyl (C=O) groups is 2. The zero-order chi connectivity index (χ0) is 19.2. The molecule has 27 heavy (non-hydrogen) atoms. The molecule has 0 spiro atoms. The summed E-state index contributed by atoms with van der Waals surface area (Å²) in [6.07, 6.45) is 2.83. The predicted octanol–water partition coefficient (Wildman–Crippen LogP) is 3.75. The number of benzene rings is 2. The van der Waals surface area contributed by atoms with E-state index in [2.05, 4.69) is 4.98 Å². The minimum absolute atomic E-state index is 0.291. The van der Waals surface area contributed by atoms with Gasteiger partial charge in [-0.15, -0.1) is 11.3 Å². The Bertz CT molecular complexity index is 976. The van der Waals surface area contributed by atoms with Crippen molar-refractivity contribution in [1.29, 1.82) is 0 Å². The molecule has 2 aromatic carbocycles. The van der Waals surface area contributed by atoms with Gasteiger partial charge in [-0.1, -0.05) is 12.1 Å². The predicted molar refractivity (Wildman–Crippen MR) is 103 cm³/mol. The summed E-state index contributed by atoms with van der Waals surface area (Å²) in [7, 11) is 2.97. The Morgan fingerprint density at radius 2 is 1.93 bits per heavy atom. The Labute approximate surface area is 160 Å². The zero-order valence-corrected chi connectivity index (χ0v) is 15.6. The third-order valence-corrected chi connectivity index (χ3v) is 4.73. The number of hydrogen-bond acceptors (Lipinski definition) is 7. The molecule has 3 rings (SSSR count). The van der Waals surface area contributed by atoms with Crippen LogP contribution in [0.2, 0.25) is 0 Å². The van der Waals surface area contributed by atoms with Gasteiger partial charge in [-0.2, -0.15) is 0 Å². The highest BCUT2D eigenvalue weighted by atomic mass is 32.1. The maximum Gasteiger partial charge on any atom is 0.331 e. The van der Waals surface area contributed by atoms with Crippen LogP contribution in [0.5, 0.6) is 11.5 Å². The summed E-state index contributed by atoms with van der Waals surface area (Å²) in [5, 5.41) is 0.689. The number of fused-ring (bicyclic) bond motifs is 1. The molecule has 3 aromatic rings. The number of esters is 1. The molecule has 0 aliphatic rings. The second kappa shape index (κ2) is 8.46. The van der Waals surface area contributed by atoms with Crippen LogP contribution < -0.4 is 9.47 Å². The number of methoxy groups -OCH3 is 2. The van der Waals surface area contributed by atoms with Crippen LogP contribution in [-0.4, -0.2) is 37.6 Å². The quantitative estimate of drug-likeness (QED) is 0.351. The van der Waals surface area contributed by atoms with E-state index in [4.69, 9.17) is 14.2 Å². The molecule has 7 heteroatoms. The second-order valence-electron chi connectivity index (χ2n) is 5.45. The fraction of sp³-hybridized carbons (Fsp3) is 0.150. The van der Waals surface area contributed by atoms with Crippen LogP contribution in [0.3, 0.4) is 0 Å². The number of carbonyl (C=O) groups excluding carboxylic acids is 2. The summed E-state index contributed by atoms with van der Waals surface area (Å²) in [5.41, 5.74) is 1.16. The van der Waals surface area contributed by atoms with E-state index in [0.29, 0.717) is 22.1 Å². The first-order valence-electron chi connectivity index (χ1n) is 8.06. The van der Waals surface area contributed by atoms with Gasteiger partial charge in [-0.25, -0.2) is 9.78 Å². The summed E-state index contributed by atoms with van der Waals surface area (Å²) < 4.78 is 16.3. The smallest absolute Gasteiger partial charge is 0.331 e. The molecule has 138 valence electrons. The van der Waals surface area contributed by atoms with Crippen molar-refractivity contribution in [3.05, 3.63) is 59.1 Å². The SMILES string of the molecule is COc1ccc(OC)c(C(=O)COC(=O)/C=C/c2nc3ccccc3s2)c1. The van der Waals surface area contributed by atoms with Gasteiger partial charge in [0.2, 0.25) is 5.78 Å². The molecular weight excluding hydrogens is 366 g/mol. The van der Waals surface area contributed by atoms with Crippen molar-refractivity contribution in [2.45, 2.75) is 0 Å². The van der Waals surface area contributed by atoms with Crippen LogP contribution in [0.15, 0.2) is 48.5 Å². The lowest BCUT2D eigenvalue weighted by Gasteiger charge is -2.09. The van der Waals surface area contributed by atoms with Crippen molar-refractivity contribution in [2.24, 2.45) is 0 Å². The standard InChI is InChI=1S/C20H17NO5S/c1-24-13-7-8-17(25-2)14(11-13)16(22)12-26-20(23)10-9-19-21-15-5-3-4-6-18(15)27-19/h3-11H,12H2,1-2H3/b10-9+. The van der Waals surface area contributed by atoms with Gasteiger partial charge in [0.1, 0.15) is 16.5 Å². The lowest BCUT2D eigenvalue weighted by molar-refractivity contribution is -0.136. The molecule has 0 saturated carbocycles. The number of nitrogens with zero attached hydrogens (tertiary/aromatic N) is 1. The van der Waals surface area contributed by atoms with Gasteiger partial charge in [0.15, 0.2) is 6.61 Å². The van der Waals surface area contributed by atoms with Gasteiger partial charge in [-0.3, -0.25) is 4.79 Å². The van der Waals surface area contributed by atoms with E-state index in [1.807, 2.05) is 24.3 Å². The monoisotopic (exact) mass is 383 g/mol. The van der Waals surface area contributed by atoms with Crippen LogP contribution in [0.25, 0.3) is 16.3 Å². The van der Waals surface area contributed by atoms with E-state index in [9.17, 15) is 9.59 Å². The van der Waals surface area contributed by atoms with Gasteiger partial charge in [-0.05, 0) is 36.4 Å². The van der Waals surface area contributed by atoms with E-state index < -0.39 is 12.6 Å². The molecule has 0 aliphatic heterocycles. The number of aromatic nitrogens is 1. The summed E-state index contributed by atoms with van der Waals surface area (Å²) in [4.78, 5) is 28.6. The van der Waals surface area contributed by atoms with Crippen molar-refractivity contribution in [1.82, 2.24) is 4.98 Å². The van der Waals surface area contributed by atoms with Crippen molar-refractivity contribution >= 4 is 39.4 Å². The second-order valence-corrected chi connectivity index (χ2v) is 6.51. The largest absolute Gasteiger partial charge is 0.497 e. The Kier molecular flexibility index (Phi) is 5.83. The molecule has 0 unspecified atom stereocenters. The minimum Gasteiger partial charge on any atom is -0.497 e. The number of ether oxygens (including phenoxy) is 3. The van der Waals surface area contributed by atoms with E-state index in [1.165, 1.54) is 31.6 Å². The summed E-state index contributed by atoms with van der Waals surface area (Å²) in [5.74, 6) is -0.0972. The molecule has 0 aliphatic carbocycles. The average molecular weight is 383 g/mol. The third-order valence-electron chi connectivity index (χ3n) is 3.72. The number of hydrogen-bond donors (Lipinski definition) is 0. The number of para-hydroxylation sites is 1. The first-order valence-corrected chi connectivity index (χ1v) is 8.88. The molecule has 0 fully saturated rings. The molecular formula is C20H17NO5S. The molecule has 1 aromatic heterocycles. The highest BCUT2D eigenvalue weighted by Gasteiger charge is 2.15. The zero-order valence-electron chi connectivity index (χ0n) is 14.8. The van der Waals surface area contributed by atoms with Crippen molar-refractivity contribution < 1.29 is 23.8 Å². The fourth-order valence-corrected chi connectivity index (χ4v) is 3.27. The molecule has 0 bridgehead atoms. The maximum absolute atomic E-state index is 12.3. The van der Waals surface area contributed by atoms with E-state index >= 15 is 0 Å². The third kappa shape index (κ3) is 4.51. The maximum atomic E-state index is 12.3. The minimum atomic E-state index is -0.621. The van der Waals surface area contributed by atoms with Crippen molar-refractivity contribution in [3.63, 3.8) is 0 Å². The fourth-order valence-electron chi connectivity index (χ4n) is 2.40. The highest BCUT2D eigenvalue weighted by Crippen LogP contribution is 2.25. The van der Waals surface area contributed by atoms with Crippen molar-refractivity contribution in [2.75, 3.05) is 20.8 Å². The Morgan fingerprint density at radius 3 is 2.67 bits per heavy atom.